The fourth-order valence-electron chi connectivity index (χ4n) is 3.04. The molecule has 0 radical (unpaired) electrons. The van der Waals surface area contributed by atoms with E-state index in [9.17, 15) is 5.11 Å². The first-order valence-corrected chi connectivity index (χ1v) is 6.32. The van der Waals surface area contributed by atoms with Gasteiger partial charge in [-0.3, -0.25) is 4.90 Å². The van der Waals surface area contributed by atoms with Crippen LogP contribution >= 0.6 is 0 Å². The highest BCUT2D eigenvalue weighted by atomic mass is 16.3. The van der Waals surface area contributed by atoms with E-state index in [1.807, 2.05) is 0 Å². The smallest absolute Gasteiger partial charge is 0.0564 e. The highest BCUT2D eigenvalue weighted by molar-refractivity contribution is 5.33. The summed E-state index contributed by atoms with van der Waals surface area (Å²) in [6.07, 6.45) is 4.25. The molecule has 16 heavy (non-hydrogen) atoms. The molecule has 1 heterocycles. The van der Waals surface area contributed by atoms with Crippen LogP contribution in [0, 0.1) is 0 Å². The lowest BCUT2D eigenvalue weighted by Gasteiger charge is -2.34. The van der Waals surface area contributed by atoms with Crippen molar-refractivity contribution in [2.24, 2.45) is 0 Å². The second-order valence-electron chi connectivity index (χ2n) is 5.10. The molecule has 0 amide bonds. The van der Waals surface area contributed by atoms with Crippen molar-refractivity contribution in [3.8, 4) is 0 Å². The van der Waals surface area contributed by atoms with E-state index in [1.165, 1.54) is 24.0 Å². The van der Waals surface area contributed by atoms with E-state index < -0.39 is 0 Å². The van der Waals surface area contributed by atoms with E-state index in [-0.39, 0.29) is 6.10 Å². The third-order valence-electron chi connectivity index (χ3n) is 4.04. The molecule has 1 saturated heterocycles. The van der Waals surface area contributed by atoms with Gasteiger partial charge in [-0.1, -0.05) is 24.3 Å². The van der Waals surface area contributed by atoms with Gasteiger partial charge < -0.3 is 5.11 Å². The number of likely N-dealkylation sites (tertiary alicyclic amines) is 1. The van der Waals surface area contributed by atoms with E-state index in [1.54, 1.807) is 0 Å². The molecule has 2 heteroatoms. The summed E-state index contributed by atoms with van der Waals surface area (Å²) in [4.78, 5) is 2.56. The molecule has 3 rings (SSSR count). The van der Waals surface area contributed by atoms with E-state index in [0.29, 0.717) is 6.04 Å². The minimum Gasteiger partial charge on any atom is -0.393 e. The van der Waals surface area contributed by atoms with E-state index in [2.05, 4.69) is 29.2 Å². The third kappa shape index (κ3) is 1.87. The summed E-state index contributed by atoms with van der Waals surface area (Å²) in [5, 5.41) is 9.52. The molecule has 1 aromatic carbocycles. The zero-order chi connectivity index (χ0) is 11.0. The maximum absolute atomic E-state index is 9.52. The summed E-state index contributed by atoms with van der Waals surface area (Å²) in [6, 6.07) is 9.48. The number of piperidine rings is 1. The molecule has 1 fully saturated rings. The molecule has 1 aliphatic heterocycles. The van der Waals surface area contributed by atoms with Gasteiger partial charge in [0.15, 0.2) is 0 Å². The largest absolute Gasteiger partial charge is 0.393 e. The Morgan fingerprint density at radius 1 is 1.00 bits per heavy atom. The number of hydrogen-bond acceptors (Lipinski definition) is 2. The first-order chi connectivity index (χ1) is 7.83. The number of rotatable bonds is 1. The minimum atomic E-state index is -0.0555. The third-order valence-corrected chi connectivity index (χ3v) is 4.04. The Labute approximate surface area is 96.9 Å². The highest BCUT2D eigenvalue weighted by Crippen LogP contribution is 2.27. The van der Waals surface area contributed by atoms with Crippen molar-refractivity contribution < 1.29 is 5.11 Å². The Hall–Kier alpha value is -0.860. The SMILES string of the molecule is OC1CCN(C2Cc3ccccc3C2)CC1. The molecule has 1 N–H and O–H groups in total. The van der Waals surface area contributed by atoms with Crippen LogP contribution in [0.4, 0.5) is 0 Å². The van der Waals surface area contributed by atoms with Crippen molar-refractivity contribution in [3.63, 3.8) is 0 Å². The molecule has 0 aromatic heterocycles. The molecule has 0 bridgehead atoms. The van der Waals surface area contributed by atoms with Crippen molar-refractivity contribution >= 4 is 0 Å². The number of aliphatic hydroxyl groups is 1. The first-order valence-electron chi connectivity index (χ1n) is 6.32. The molecule has 1 aliphatic carbocycles. The monoisotopic (exact) mass is 217 g/mol. The van der Waals surface area contributed by atoms with Crippen LogP contribution in [-0.2, 0) is 12.8 Å². The van der Waals surface area contributed by atoms with Gasteiger partial charge in [0.25, 0.3) is 0 Å². The Bertz CT molecular complexity index is 344. The molecular weight excluding hydrogens is 198 g/mol. The summed E-state index contributed by atoms with van der Waals surface area (Å²) in [5.74, 6) is 0. The lowest BCUT2D eigenvalue weighted by molar-refractivity contribution is 0.0629. The Kier molecular flexibility index (Phi) is 2.70. The summed E-state index contributed by atoms with van der Waals surface area (Å²) >= 11 is 0. The van der Waals surface area contributed by atoms with Crippen LogP contribution in [0.15, 0.2) is 24.3 Å². The number of fused-ring (bicyclic) bond motifs is 1. The van der Waals surface area contributed by atoms with Crippen molar-refractivity contribution in [1.29, 1.82) is 0 Å². The van der Waals surface area contributed by atoms with Crippen LogP contribution < -0.4 is 0 Å². The summed E-state index contributed by atoms with van der Waals surface area (Å²) in [7, 11) is 0. The predicted molar refractivity (Wildman–Crippen MR) is 64.5 cm³/mol. The first kappa shape index (κ1) is 10.3. The van der Waals surface area contributed by atoms with E-state index in [0.717, 1.165) is 25.9 Å². The maximum Gasteiger partial charge on any atom is 0.0564 e. The molecule has 2 aliphatic rings. The normalized spacial score (nSPS) is 23.6. The second kappa shape index (κ2) is 4.19. The van der Waals surface area contributed by atoms with E-state index in [4.69, 9.17) is 0 Å². The fraction of sp³-hybridized carbons (Fsp3) is 0.571. The van der Waals surface area contributed by atoms with Gasteiger partial charge in [0.1, 0.15) is 0 Å². The van der Waals surface area contributed by atoms with Crippen LogP contribution in [0.1, 0.15) is 24.0 Å². The summed E-state index contributed by atoms with van der Waals surface area (Å²) in [6.45, 7) is 2.14. The Morgan fingerprint density at radius 2 is 1.56 bits per heavy atom. The van der Waals surface area contributed by atoms with Crippen LogP contribution in [0.5, 0.6) is 0 Å². The maximum atomic E-state index is 9.52. The van der Waals surface area contributed by atoms with Crippen LogP contribution in [0.3, 0.4) is 0 Å². The standard InChI is InChI=1S/C14H19NO/c16-14-5-7-15(8-6-14)13-9-11-3-1-2-4-12(11)10-13/h1-4,13-14,16H,5-10H2. The van der Waals surface area contributed by atoms with Crippen molar-refractivity contribution in [2.45, 2.75) is 37.8 Å². The topological polar surface area (TPSA) is 23.5 Å². The average molecular weight is 217 g/mol. The van der Waals surface area contributed by atoms with E-state index >= 15 is 0 Å². The quantitative estimate of drug-likeness (QED) is 0.772. The van der Waals surface area contributed by atoms with Gasteiger partial charge in [-0.2, -0.15) is 0 Å². The summed E-state index contributed by atoms with van der Waals surface area (Å²) in [5.41, 5.74) is 3.05. The van der Waals surface area contributed by atoms with Gasteiger partial charge >= 0.3 is 0 Å². The second-order valence-corrected chi connectivity index (χ2v) is 5.10. The molecular formula is C14H19NO. The number of aliphatic hydroxyl groups excluding tert-OH is 1. The zero-order valence-corrected chi connectivity index (χ0v) is 9.60. The number of hydrogen-bond donors (Lipinski definition) is 1. The molecule has 0 spiro atoms. The number of benzene rings is 1. The van der Waals surface area contributed by atoms with Crippen molar-refractivity contribution in [3.05, 3.63) is 35.4 Å². The highest BCUT2D eigenvalue weighted by Gasteiger charge is 2.28. The summed E-state index contributed by atoms with van der Waals surface area (Å²) < 4.78 is 0. The van der Waals surface area contributed by atoms with Crippen LogP contribution in [0.25, 0.3) is 0 Å². The molecule has 86 valence electrons. The van der Waals surface area contributed by atoms with Crippen LogP contribution in [-0.4, -0.2) is 35.2 Å². The Morgan fingerprint density at radius 3 is 2.12 bits per heavy atom. The minimum absolute atomic E-state index is 0.0555. The van der Waals surface area contributed by atoms with Crippen LogP contribution in [0.2, 0.25) is 0 Å². The van der Waals surface area contributed by atoms with Gasteiger partial charge in [0, 0.05) is 19.1 Å². The average Bonchev–Trinajstić information content (AvgIpc) is 2.73. The van der Waals surface area contributed by atoms with Crippen molar-refractivity contribution in [2.75, 3.05) is 13.1 Å². The molecule has 0 unspecified atom stereocenters. The van der Waals surface area contributed by atoms with Gasteiger partial charge in [0.05, 0.1) is 6.10 Å². The number of nitrogens with zero attached hydrogens (tertiary/aromatic N) is 1. The van der Waals surface area contributed by atoms with Gasteiger partial charge in [0.2, 0.25) is 0 Å². The Balaban J connectivity index is 1.67. The van der Waals surface area contributed by atoms with Gasteiger partial charge in [-0.05, 0) is 36.8 Å². The zero-order valence-electron chi connectivity index (χ0n) is 9.60. The predicted octanol–water partition coefficient (Wildman–Crippen LogP) is 1.61. The van der Waals surface area contributed by atoms with Gasteiger partial charge in [-0.25, -0.2) is 0 Å². The molecule has 2 nitrogen and oxygen atoms in total. The lowest BCUT2D eigenvalue weighted by Crippen LogP contribution is -2.43. The fourth-order valence-corrected chi connectivity index (χ4v) is 3.04. The molecule has 0 atom stereocenters. The molecule has 0 saturated carbocycles. The molecule has 1 aromatic rings. The lowest BCUT2D eigenvalue weighted by atomic mass is 10.0. The van der Waals surface area contributed by atoms with Crippen molar-refractivity contribution in [1.82, 2.24) is 4.90 Å². The van der Waals surface area contributed by atoms with Gasteiger partial charge in [-0.15, -0.1) is 0 Å².